The molecule has 0 spiro atoms. The molecule has 0 bridgehead atoms. The van der Waals surface area contributed by atoms with E-state index in [1.54, 1.807) is 0 Å². The van der Waals surface area contributed by atoms with E-state index in [4.69, 9.17) is 35.2 Å². The van der Waals surface area contributed by atoms with Crippen LogP contribution < -0.4 is 15.5 Å². The van der Waals surface area contributed by atoms with Gasteiger partial charge in [0.2, 0.25) is 5.95 Å². The van der Waals surface area contributed by atoms with Gasteiger partial charge in [0.25, 0.3) is 0 Å². The van der Waals surface area contributed by atoms with Crippen LogP contribution in [-0.2, 0) is 0 Å². The lowest BCUT2D eigenvalue weighted by Gasteiger charge is -2.20. The van der Waals surface area contributed by atoms with E-state index in [2.05, 4.69) is 137 Å². The smallest absolute Gasteiger partial charge is 0.235 e. The summed E-state index contributed by atoms with van der Waals surface area (Å²) in [6.07, 6.45) is 0. The number of benzene rings is 6. The molecule has 6 aromatic carbocycles. The van der Waals surface area contributed by atoms with Gasteiger partial charge in [0.1, 0.15) is 0 Å². The van der Waals surface area contributed by atoms with Crippen molar-refractivity contribution in [1.82, 2.24) is 14.5 Å². The van der Waals surface area contributed by atoms with Gasteiger partial charge < -0.3 is 4.90 Å². The Morgan fingerprint density at radius 3 is 2.10 bits per heavy atom. The highest BCUT2D eigenvalue weighted by Crippen LogP contribution is 2.41. The second-order valence-electron chi connectivity index (χ2n) is 12.1. The lowest BCUT2D eigenvalue weighted by Crippen LogP contribution is -2.32. The first kappa shape index (κ1) is 29.6. The van der Waals surface area contributed by atoms with Crippen LogP contribution >= 0.6 is 25.3 Å². The highest BCUT2D eigenvalue weighted by atomic mass is 32.1. The third kappa shape index (κ3) is 4.95. The van der Waals surface area contributed by atoms with Crippen molar-refractivity contribution in [2.75, 3.05) is 11.4 Å². The molecule has 0 saturated heterocycles. The topological polar surface area (TPSA) is 34.0 Å². The summed E-state index contributed by atoms with van der Waals surface area (Å²) in [5.41, 5.74) is 10.8. The minimum Gasteiger partial charge on any atom is -0.336 e. The highest BCUT2D eigenvalue weighted by molar-refractivity contribution is 7.88. The fourth-order valence-corrected chi connectivity index (χ4v) is 7.72. The van der Waals surface area contributed by atoms with Crippen molar-refractivity contribution < 1.29 is 0 Å². The van der Waals surface area contributed by atoms with Crippen LogP contribution in [0, 0.1) is 0 Å². The summed E-state index contributed by atoms with van der Waals surface area (Å²) in [5.74, 6) is 0.603. The lowest BCUT2D eigenvalue weighted by molar-refractivity contribution is 0.952. The minimum absolute atomic E-state index is 0.603. The zero-order valence-corrected chi connectivity index (χ0v) is 28.2. The van der Waals surface area contributed by atoms with Crippen LogP contribution in [0.2, 0.25) is 0 Å². The van der Waals surface area contributed by atoms with Gasteiger partial charge >= 0.3 is 0 Å². The lowest BCUT2D eigenvalue weighted by atomic mass is 10.00. The molecule has 0 saturated carbocycles. The molecule has 1 aliphatic rings. The van der Waals surface area contributed by atoms with Crippen molar-refractivity contribution >= 4 is 69.4 Å². The fourth-order valence-electron chi connectivity index (χ4n) is 7.19. The first-order chi connectivity index (χ1) is 24.2. The molecule has 3 heterocycles. The Morgan fingerprint density at radius 2 is 1.27 bits per heavy atom. The predicted octanol–water partition coefficient (Wildman–Crippen LogP) is 9.21. The first-order valence-electron chi connectivity index (χ1n) is 16.2. The van der Waals surface area contributed by atoms with Gasteiger partial charge in [-0.15, -0.1) is 25.3 Å². The number of anilines is 2. The van der Waals surface area contributed by atoms with Gasteiger partial charge in [-0.1, -0.05) is 115 Å². The van der Waals surface area contributed by atoms with E-state index in [9.17, 15) is 0 Å². The van der Waals surface area contributed by atoms with Gasteiger partial charge in [0.15, 0.2) is 0 Å². The van der Waals surface area contributed by atoms with Crippen molar-refractivity contribution in [2.45, 2.75) is 4.90 Å². The molecule has 0 aliphatic carbocycles. The van der Waals surface area contributed by atoms with Gasteiger partial charge in [0.05, 0.1) is 27.8 Å². The molecule has 2 aromatic heterocycles. The Hall–Kier alpha value is -5.56. The van der Waals surface area contributed by atoms with E-state index in [0.29, 0.717) is 12.5 Å². The standard InChI is InChI=1S/C43H30N4S2/c48-27-39-41(34-26-46(36-21-8-5-17-31(34)36)38-23-10-11-24-40(38)49)33-19-6-9-22-37(33)47(39)43-44-35-20-7-4-18-32(35)42(45-43)30-16-12-15-29(25-30)28-13-2-1-3-14-28/h1-25,27,48-49H,26H2/b39-27+,41-34+. The number of hydrogen-bond donors (Lipinski definition) is 2. The Labute approximate surface area is 295 Å². The van der Waals surface area contributed by atoms with E-state index < -0.39 is 0 Å². The predicted molar refractivity (Wildman–Crippen MR) is 210 cm³/mol. The van der Waals surface area contributed by atoms with Crippen LogP contribution in [0.15, 0.2) is 157 Å². The van der Waals surface area contributed by atoms with Gasteiger partial charge in [-0.3, -0.25) is 4.57 Å². The summed E-state index contributed by atoms with van der Waals surface area (Å²) >= 11 is 9.70. The van der Waals surface area contributed by atoms with Crippen LogP contribution in [0.5, 0.6) is 0 Å². The summed E-state index contributed by atoms with van der Waals surface area (Å²) in [6, 6.07) is 52.7. The number of nitrogens with zero attached hydrogens (tertiary/aromatic N) is 4. The van der Waals surface area contributed by atoms with Crippen molar-refractivity contribution in [3.8, 4) is 28.3 Å². The SMILES string of the molecule is S/C=c1\c(=C2/CN(c3ccccc3S)c3ccccc32)c2ccccc2n1-c1nc(-c2cccc(-c3ccccc3)c2)c2ccccc2n1. The molecular formula is C43H30N4S2. The van der Waals surface area contributed by atoms with Gasteiger partial charge in [-0.25, -0.2) is 9.97 Å². The fraction of sp³-hybridized carbons (Fsp3) is 0.0233. The molecule has 0 radical (unpaired) electrons. The summed E-state index contributed by atoms with van der Waals surface area (Å²) in [7, 11) is 0. The Balaban J connectivity index is 1.32. The summed E-state index contributed by atoms with van der Waals surface area (Å²) in [6.45, 7) is 0.690. The molecule has 0 unspecified atom stereocenters. The molecule has 0 atom stereocenters. The average Bonchev–Trinajstić information content (AvgIpc) is 3.70. The normalized spacial score (nSPS) is 14.2. The number of fused-ring (bicyclic) bond motifs is 3. The molecule has 4 nitrogen and oxygen atoms in total. The molecule has 6 heteroatoms. The van der Waals surface area contributed by atoms with Gasteiger partial charge in [-0.2, -0.15) is 0 Å². The van der Waals surface area contributed by atoms with Gasteiger partial charge in [0, 0.05) is 44.2 Å². The molecule has 0 fully saturated rings. The number of hydrogen-bond acceptors (Lipinski definition) is 5. The van der Waals surface area contributed by atoms with Crippen molar-refractivity contribution in [3.63, 3.8) is 0 Å². The molecule has 0 N–H and O–H groups in total. The van der Waals surface area contributed by atoms with Crippen LogP contribution in [0.3, 0.4) is 0 Å². The van der Waals surface area contributed by atoms with Crippen molar-refractivity contribution in [1.29, 1.82) is 0 Å². The second kappa shape index (κ2) is 12.2. The van der Waals surface area contributed by atoms with Crippen LogP contribution in [0.1, 0.15) is 5.56 Å². The molecular weight excluding hydrogens is 637 g/mol. The molecule has 9 rings (SSSR count). The number of rotatable bonds is 4. The second-order valence-corrected chi connectivity index (χ2v) is 12.9. The van der Waals surface area contributed by atoms with Gasteiger partial charge in [-0.05, 0) is 58.5 Å². The van der Waals surface area contributed by atoms with E-state index in [1.165, 1.54) is 16.7 Å². The quantitative estimate of drug-likeness (QED) is 0.184. The molecule has 234 valence electrons. The summed E-state index contributed by atoms with van der Waals surface area (Å²) < 4.78 is 2.17. The molecule has 1 aliphatic heterocycles. The number of para-hydroxylation sites is 4. The third-order valence-electron chi connectivity index (χ3n) is 9.38. The van der Waals surface area contributed by atoms with E-state index in [-0.39, 0.29) is 0 Å². The first-order valence-corrected chi connectivity index (χ1v) is 17.2. The zero-order valence-electron chi connectivity index (χ0n) is 26.4. The zero-order chi connectivity index (χ0) is 32.9. The van der Waals surface area contributed by atoms with Crippen LogP contribution in [0.25, 0.3) is 61.1 Å². The number of aromatic nitrogens is 3. The monoisotopic (exact) mass is 666 g/mol. The maximum Gasteiger partial charge on any atom is 0.235 e. The highest BCUT2D eigenvalue weighted by Gasteiger charge is 2.28. The summed E-state index contributed by atoms with van der Waals surface area (Å²) in [4.78, 5) is 13.9. The Kier molecular flexibility index (Phi) is 7.33. The van der Waals surface area contributed by atoms with Crippen molar-refractivity contribution in [3.05, 3.63) is 168 Å². The Morgan fingerprint density at radius 1 is 0.592 bits per heavy atom. The average molecular weight is 667 g/mol. The maximum atomic E-state index is 5.36. The van der Waals surface area contributed by atoms with Crippen LogP contribution in [-0.4, -0.2) is 21.1 Å². The molecule has 49 heavy (non-hydrogen) atoms. The molecule has 8 aromatic rings. The number of thiol groups is 2. The maximum absolute atomic E-state index is 5.36. The van der Waals surface area contributed by atoms with E-state index in [1.807, 2.05) is 29.7 Å². The molecule has 0 amide bonds. The van der Waals surface area contributed by atoms with Crippen molar-refractivity contribution in [2.24, 2.45) is 0 Å². The van der Waals surface area contributed by atoms with Crippen LogP contribution in [0.4, 0.5) is 11.4 Å². The largest absolute Gasteiger partial charge is 0.336 e. The Bertz CT molecular complexity index is 2680. The van der Waals surface area contributed by atoms with E-state index in [0.717, 1.165) is 65.5 Å². The summed E-state index contributed by atoms with van der Waals surface area (Å²) in [5, 5.41) is 6.09. The third-order valence-corrected chi connectivity index (χ3v) is 10.0. The van der Waals surface area contributed by atoms with E-state index >= 15 is 0 Å². The minimum atomic E-state index is 0.603.